The quantitative estimate of drug-likeness (QED) is 0.564. The highest BCUT2D eigenvalue weighted by atomic mass is 35.5. The molecule has 0 bridgehead atoms. The van der Waals surface area contributed by atoms with E-state index >= 15 is 0 Å². The minimum Gasteiger partial charge on any atom is -0.455 e. The van der Waals surface area contributed by atoms with Gasteiger partial charge in [-0.1, -0.05) is 35.3 Å². The first kappa shape index (κ1) is 14.6. The molecule has 7 heteroatoms. The largest absolute Gasteiger partial charge is 0.455 e. The second-order valence-corrected chi connectivity index (χ2v) is 5.15. The van der Waals surface area contributed by atoms with Crippen LogP contribution in [0.4, 0.5) is 5.82 Å². The molecule has 0 saturated carbocycles. The molecular weight excluding hydrogens is 323 g/mol. The lowest BCUT2D eigenvalue weighted by molar-refractivity contribution is 0.575. The highest BCUT2D eigenvalue weighted by Gasteiger charge is 2.03. The van der Waals surface area contributed by atoms with E-state index in [0.717, 1.165) is 11.3 Å². The lowest BCUT2D eigenvalue weighted by atomic mass is 10.2. The number of rotatable bonds is 4. The Balaban J connectivity index is 1.69. The predicted molar refractivity (Wildman–Crippen MR) is 87.4 cm³/mol. The number of aromatic nitrogens is 2. The third kappa shape index (κ3) is 3.63. The van der Waals surface area contributed by atoms with E-state index in [4.69, 9.17) is 27.6 Å². The molecular formula is C15H10Cl2N4O. The summed E-state index contributed by atoms with van der Waals surface area (Å²) in [5.74, 6) is 1.81. The molecule has 3 rings (SSSR count). The minimum absolute atomic E-state index is 0.326. The van der Waals surface area contributed by atoms with Gasteiger partial charge in [-0.15, -0.1) is 10.2 Å². The average Bonchev–Trinajstić information content (AvgIpc) is 2.98. The van der Waals surface area contributed by atoms with Crippen molar-refractivity contribution in [1.29, 1.82) is 0 Å². The Hall–Kier alpha value is -2.37. The first-order valence-corrected chi connectivity index (χ1v) is 7.10. The van der Waals surface area contributed by atoms with E-state index in [-0.39, 0.29) is 0 Å². The molecule has 110 valence electrons. The van der Waals surface area contributed by atoms with Crippen LogP contribution in [0.5, 0.6) is 0 Å². The maximum absolute atomic E-state index is 5.96. The van der Waals surface area contributed by atoms with Crippen molar-refractivity contribution in [3.8, 4) is 11.3 Å². The van der Waals surface area contributed by atoms with E-state index in [2.05, 4.69) is 20.7 Å². The lowest BCUT2D eigenvalue weighted by Crippen LogP contribution is -1.94. The number of benzene rings is 1. The van der Waals surface area contributed by atoms with Gasteiger partial charge in [0.15, 0.2) is 11.0 Å². The summed E-state index contributed by atoms with van der Waals surface area (Å²) in [6.07, 6.45) is 1.55. The number of nitrogens with one attached hydrogen (secondary N) is 1. The summed E-state index contributed by atoms with van der Waals surface area (Å²) in [6, 6.07) is 14.4. The molecule has 0 unspecified atom stereocenters. The van der Waals surface area contributed by atoms with Gasteiger partial charge in [-0.05, 0) is 36.4 Å². The number of anilines is 1. The Morgan fingerprint density at radius 3 is 2.73 bits per heavy atom. The van der Waals surface area contributed by atoms with E-state index in [1.54, 1.807) is 18.3 Å². The molecule has 0 spiro atoms. The lowest BCUT2D eigenvalue weighted by Gasteiger charge is -1.97. The molecule has 0 atom stereocenters. The van der Waals surface area contributed by atoms with Crippen molar-refractivity contribution in [3.63, 3.8) is 0 Å². The molecule has 0 aliphatic heterocycles. The Labute approximate surface area is 136 Å². The van der Waals surface area contributed by atoms with Gasteiger partial charge in [0.1, 0.15) is 11.5 Å². The second kappa shape index (κ2) is 6.60. The Kier molecular flexibility index (Phi) is 4.37. The zero-order chi connectivity index (χ0) is 15.4. The molecule has 0 amide bonds. The standard InChI is InChI=1S/C15H10Cl2N4O/c16-11-3-1-2-10(8-11)13-5-4-12(22-13)9-18-20-15-7-6-14(17)19-21-15/h1-9H,(H,20,21). The van der Waals surface area contributed by atoms with Gasteiger partial charge in [-0.25, -0.2) is 0 Å². The van der Waals surface area contributed by atoms with Crippen molar-refractivity contribution in [2.75, 3.05) is 5.43 Å². The van der Waals surface area contributed by atoms with Crippen molar-refractivity contribution >= 4 is 35.2 Å². The number of hydrazone groups is 1. The van der Waals surface area contributed by atoms with Crippen LogP contribution in [0, 0.1) is 0 Å². The van der Waals surface area contributed by atoms with E-state index in [0.29, 0.717) is 21.8 Å². The van der Waals surface area contributed by atoms with Gasteiger partial charge in [0.25, 0.3) is 0 Å². The van der Waals surface area contributed by atoms with Gasteiger partial charge in [0, 0.05) is 10.6 Å². The van der Waals surface area contributed by atoms with Gasteiger partial charge < -0.3 is 4.42 Å². The molecule has 0 aliphatic rings. The highest BCUT2D eigenvalue weighted by Crippen LogP contribution is 2.24. The number of halogens is 2. The number of furan rings is 1. The number of hydrogen-bond acceptors (Lipinski definition) is 5. The smallest absolute Gasteiger partial charge is 0.168 e. The number of nitrogens with zero attached hydrogens (tertiary/aromatic N) is 3. The van der Waals surface area contributed by atoms with E-state index in [1.165, 1.54) is 0 Å². The minimum atomic E-state index is 0.326. The SMILES string of the molecule is Clc1cccc(-c2ccc(C=NNc3ccc(Cl)nn3)o2)c1. The van der Waals surface area contributed by atoms with Crippen LogP contribution in [0.15, 0.2) is 58.0 Å². The Morgan fingerprint density at radius 2 is 1.95 bits per heavy atom. The van der Waals surface area contributed by atoms with Crippen LogP contribution >= 0.6 is 23.2 Å². The van der Waals surface area contributed by atoms with Crippen molar-refractivity contribution in [3.05, 3.63) is 64.5 Å². The van der Waals surface area contributed by atoms with Crippen LogP contribution < -0.4 is 5.43 Å². The topological polar surface area (TPSA) is 63.3 Å². The molecule has 2 heterocycles. The maximum atomic E-state index is 5.96. The molecule has 1 N–H and O–H groups in total. The second-order valence-electron chi connectivity index (χ2n) is 4.32. The number of hydrogen-bond donors (Lipinski definition) is 1. The van der Waals surface area contributed by atoms with E-state index < -0.39 is 0 Å². The normalized spacial score (nSPS) is 11.0. The zero-order valence-electron chi connectivity index (χ0n) is 11.2. The fourth-order valence-electron chi connectivity index (χ4n) is 1.76. The van der Waals surface area contributed by atoms with Crippen molar-refractivity contribution in [1.82, 2.24) is 10.2 Å². The molecule has 3 aromatic rings. The third-order valence-electron chi connectivity index (χ3n) is 2.74. The summed E-state index contributed by atoms with van der Waals surface area (Å²) < 4.78 is 5.68. The van der Waals surface area contributed by atoms with Crippen molar-refractivity contribution in [2.45, 2.75) is 0 Å². The molecule has 2 aromatic heterocycles. The fourth-order valence-corrected chi connectivity index (χ4v) is 2.05. The van der Waals surface area contributed by atoms with Gasteiger partial charge in [0.2, 0.25) is 0 Å². The van der Waals surface area contributed by atoms with Crippen LogP contribution in [-0.4, -0.2) is 16.4 Å². The zero-order valence-corrected chi connectivity index (χ0v) is 12.7. The predicted octanol–water partition coefficient (Wildman–Crippen LogP) is 4.49. The van der Waals surface area contributed by atoms with Gasteiger partial charge in [-0.2, -0.15) is 5.10 Å². The van der Waals surface area contributed by atoms with Crippen LogP contribution in [0.1, 0.15) is 5.76 Å². The van der Waals surface area contributed by atoms with Crippen LogP contribution in [-0.2, 0) is 0 Å². The summed E-state index contributed by atoms with van der Waals surface area (Å²) in [4.78, 5) is 0. The first-order chi connectivity index (χ1) is 10.7. The average molecular weight is 333 g/mol. The molecule has 22 heavy (non-hydrogen) atoms. The molecule has 0 radical (unpaired) electrons. The van der Waals surface area contributed by atoms with Crippen LogP contribution in [0.25, 0.3) is 11.3 Å². The Morgan fingerprint density at radius 1 is 1.05 bits per heavy atom. The third-order valence-corrected chi connectivity index (χ3v) is 3.18. The first-order valence-electron chi connectivity index (χ1n) is 6.35. The molecule has 1 aromatic carbocycles. The molecule has 0 aliphatic carbocycles. The van der Waals surface area contributed by atoms with Gasteiger partial charge in [0.05, 0.1) is 6.21 Å². The Bertz CT molecular complexity index is 799. The summed E-state index contributed by atoms with van der Waals surface area (Å²) in [5.41, 5.74) is 3.64. The van der Waals surface area contributed by atoms with Crippen molar-refractivity contribution in [2.24, 2.45) is 5.10 Å². The summed E-state index contributed by atoms with van der Waals surface area (Å²) in [6.45, 7) is 0. The molecule has 5 nitrogen and oxygen atoms in total. The fraction of sp³-hybridized carbons (Fsp3) is 0. The van der Waals surface area contributed by atoms with Crippen LogP contribution in [0.2, 0.25) is 10.2 Å². The summed E-state index contributed by atoms with van der Waals surface area (Å²) in [7, 11) is 0. The summed E-state index contributed by atoms with van der Waals surface area (Å²) in [5, 5.41) is 12.5. The monoisotopic (exact) mass is 332 g/mol. The molecule has 0 saturated heterocycles. The maximum Gasteiger partial charge on any atom is 0.168 e. The molecule has 0 fully saturated rings. The highest BCUT2D eigenvalue weighted by molar-refractivity contribution is 6.30. The van der Waals surface area contributed by atoms with E-state index in [9.17, 15) is 0 Å². The summed E-state index contributed by atoms with van der Waals surface area (Å²) >= 11 is 11.6. The van der Waals surface area contributed by atoms with Crippen molar-refractivity contribution < 1.29 is 4.42 Å². The van der Waals surface area contributed by atoms with Crippen LogP contribution in [0.3, 0.4) is 0 Å². The van der Waals surface area contributed by atoms with Gasteiger partial charge >= 0.3 is 0 Å². The van der Waals surface area contributed by atoms with E-state index in [1.807, 2.05) is 36.4 Å². The van der Waals surface area contributed by atoms with Gasteiger partial charge in [-0.3, -0.25) is 5.43 Å².